The van der Waals surface area contributed by atoms with E-state index in [1.807, 2.05) is 0 Å². The van der Waals surface area contributed by atoms with Crippen molar-refractivity contribution >= 4 is 28.1 Å². The van der Waals surface area contributed by atoms with Gasteiger partial charge in [-0.15, -0.1) is 0 Å². The van der Waals surface area contributed by atoms with Crippen LogP contribution >= 0.6 is 0 Å². The van der Waals surface area contributed by atoms with E-state index in [1.54, 1.807) is 13.2 Å². The number of methoxy groups -OCH3 is 1. The fourth-order valence-corrected chi connectivity index (χ4v) is 1.70. The van der Waals surface area contributed by atoms with Gasteiger partial charge in [0.05, 0.1) is 18.4 Å². The molecule has 2 unspecified atom stereocenters. The number of hydrogen-bond acceptors (Lipinski definition) is 5. The molecular formula is C12H17FN2O3S. The van der Waals surface area contributed by atoms with Crippen molar-refractivity contribution in [3.05, 3.63) is 23.5 Å². The molecule has 106 valence electrons. The summed E-state index contributed by atoms with van der Waals surface area (Å²) in [4.78, 5) is 11.4. The monoisotopic (exact) mass is 288 g/mol. The summed E-state index contributed by atoms with van der Waals surface area (Å²) in [6.45, 7) is 2.10. The number of carbonyl (C=O) groups is 1. The average Bonchev–Trinajstić information content (AvgIpc) is 2.36. The topological polar surface area (TPSA) is 81.4 Å². The highest BCUT2D eigenvalue weighted by Crippen LogP contribution is 2.23. The lowest BCUT2D eigenvalue weighted by Crippen LogP contribution is -2.21. The molecular weight excluding hydrogens is 271 g/mol. The lowest BCUT2D eigenvalue weighted by atomic mass is 10.1. The van der Waals surface area contributed by atoms with Gasteiger partial charge in [-0.3, -0.25) is 4.21 Å². The second-order valence-corrected chi connectivity index (χ2v) is 5.90. The fraction of sp³-hybridized carbons (Fsp3) is 0.417. The SMILES string of the molecule is COC(=O)c1cc(NCC(C)S(C)=O)c(F)cc1N. The number of halogens is 1. The molecule has 0 aliphatic heterocycles. The quantitative estimate of drug-likeness (QED) is 0.632. The fourth-order valence-electron chi connectivity index (χ4n) is 1.38. The second-order valence-electron chi connectivity index (χ2n) is 4.10. The van der Waals surface area contributed by atoms with Gasteiger partial charge >= 0.3 is 5.97 Å². The van der Waals surface area contributed by atoms with Crippen molar-refractivity contribution < 1.29 is 18.1 Å². The van der Waals surface area contributed by atoms with Crippen LogP contribution in [-0.4, -0.2) is 35.3 Å². The molecule has 1 aromatic rings. The van der Waals surface area contributed by atoms with Gasteiger partial charge in [-0.2, -0.15) is 0 Å². The van der Waals surface area contributed by atoms with Crippen molar-refractivity contribution in [2.45, 2.75) is 12.2 Å². The van der Waals surface area contributed by atoms with Gasteiger partial charge in [0.1, 0.15) is 5.82 Å². The molecule has 19 heavy (non-hydrogen) atoms. The minimum Gasteiger partial charge on any atom is -0.465 e. The highest BCUT2D eigenvalue weighted by Gasteiger charge is 2.15. The van der Waals surface area contributed by atoms with Gasteiger partial charge in [0.25, 0.3) is 0 Å². The Bertz CT molecular complexity index is 508. The zero-order valence-corrected chi connectivity index (χ0v) is 11.8. The molecule has 5 nitrogen and oxygen atoms in total. The Labute approximate surface area is 113 Å². The third-order valence-electron chi connectivity index (χ3n) is 2.69. The Morgan fingerprint density at radius 1 is 1.58 bits per heavy atom. The maximum Gasteiger partial charge on any atom is 0.340 e. The van der Waals surface area contributed by atoms with E-state index in [9.17, 15) is 13.4 Å². The van der Waals surface area contributed by atoms with Crippen molar-refractivity contribution in [3.8, 4) is 0 Å². The predicted octanol–water partition coefficient (Wildman–Crippen LogP) is 1.37. The van der Waals surface area contributed by atoms with Crippen LogP contribution in [0, 0.1) is 5.82 Å². The van der Waals surface area contributed by atoms with Crippen molar-refractivity contribution in [3.63, 3.8) is 0 Å². The largest absolute Gasteiger partial charge is 0.465 e. The number of ether oxygens (including phenoxy) is 1. The number of nitrogens with one attached hydrogen (secondary N) is 1. The molecule has 0 aromatic heterocycles. The summed E-state index contributed by atoms with van der Waals surface area (Å²) < 4.78 is 29.4. The first kappa shape index (κ1) is 15.4. The van der Waals surface area contributed by atoms with Crippen molar-refractivity contribution in [2.75, 3.05) is 31.0 Å². The lowest BCUT2D eigenvalue weighted by molar-refractivity contribution is 0.0602. The zero-order chi connectivity index (χ0) is 14.6. The number of esters is 1. The van der Waals surface area contributed by atoms with Crippen LogP contribution in [0.15, 0.2) is 12.1 Å². The maximum atomic E-state index is 13.7. The third kappa shape index (κ3) is 3.92. The van der Waals surface area contributed by atoms with Gasteiger partial charge in [0.2, 0.25) is 0 Å². The van der Waals surface area contributed by atoms with Gasteiger partial charge in [-0.25, -0.2) is 9.18 Å². The molecule has 0 spiro atoms. The molecule has 0 saturated heterocycles. The normalized spacial score (nSPS) is 13.7. The standard InChI is InChI=1S/C12H17FN2O3S/c1-7(19(3)17)6-15-11-4-8(12(16)18-2)10(14)5-9(11)13/h4-5,7,15H,6,14H2,1-3H3. The van der Waals surface area contributed by atoms with Crippen LogP contribution in [0.25, 0.3) is 0 Å². The number of anilines is 2. The smallest absolute Gasteiger partial charge is 0.340 e. The van der Waals surface area contributed by atoms with Crippen LogP contribution in [0.1, 0.15) is 17.3 Å². The van der Waals surface area contributed by atoms with Crippen LogP contribution < -0.4 is 11.1 Å². The summed E-state index contributed by atoms with van der Waals surface area (Å²) in [5.74, 6) is -1.20. The third-order valence-corrected chi connectivity index (χ3v) is 3.99. The number of carbonyl (C=O) groups excluding carboxylic acids is 1. The van der Waals surface area contributed by atoms with Crippen LogP contribution in [0.2, 0.25) is 0 Å². The molecule has 2 atom stereocenters. The molecule has 1 rings (SSSR count). The molecule has 0 bridgehead atoms. The summed E-state index contributed by atoms with van der Waals surface area (Å²) in [6.07, 6.45) is 1.57. The van der Waals surface area contributed by atoms with Crippen LogP contribution in [0.4, 0.5) is 15.8 Å². The molecule has 0 fully saturated rings. The molecule has 0 heterocycles. The van der Waals surface area contributed by atoms with Gasteiger partial charge in [-0.05, 0) is 19.1 Å². The first-order valence-corrected chi connectivity index (χ1v) is 7.22. The summed E-state index contributed by atoms with van der Waals surface area (Å²) in [6, 6.07) is 2.35. The highest BCUT2D eigenvalue weighted by molar-refractivity contribution is 7.84. The van der Waals surface area contributed by atoms with Crippen LogP contribution in [0.5, 0.6) is 0 Å². The Morgan fingerprint density at radius 3 is 2.74 bits per heavy atom. The van der Waals surface area contributed by atoms with E-state index in [-0.39, 0.29) is 22.2 Å². The molecule has 7 heteroatoms. The predicted molar refractivity (Wildman–Crippen MR) is 74.2 cm³/mol. The van der Waals surface area contributed by atoms with Gasteiger partial charge in [0.15, 0.2) is 0 Å². The van der Waals surface area contributed by atoms with E-state index in [0.717, 1.165) is 6.07 Å². The number of rotatable bonds is 5. The number of nitrogens with two attached hydrogens (primary N) is 1. The Kier molecular flexibility index (Phi) is 5.29. The minimum atomic E-state index is -1.01. The van der Waals surface area contributed by atoms with Gasteiger partial charge in [0, 0.05) is 34.5 Å². The van der Waals surface area contributed by atoms with Crippen LogP contribution in [0.3, 0.4) is 0 Å². The van der Waals surface area contributed by atoms with E-state index in [4.69, 9.17) is 5.73 Å². The first-order chi connectivity index (χ1) is 8.86. The first-order valence-electron chi connectivity index (χ1n) is 5.60. The molecule has 0 aliphatic rings. The van der Waals surface area contributed by atoms with E-state index < -0.39 is 22.6 Å². The summed E-state index contributed by atoms with van der Waals surface area (Å²) in [7, 11) is 0.211. The Balaban J connectivity index is 2.95. The van der Waals surface area contributed by atoms with Crippen LogP contribution in [-0.2, 0) is 15.5 Å². The molecule has 0 aliphatic carbocycles. The maximum absolute atomic E-state index is 13.7. The number of benzene rings is 1. The molecule has 1 aromatic carbocycles. The van der Waals surface area contributed by atoms with E-state index >= 15 is 0 Å². The van der Waals surface area contributed by atoms with Crippen molar-refractivity contribution in [1.82, 2.24) is 0 Å². The average molecular weight is 288 g/mol. The molecule has 3 N–H and O–H groups in total. The number of nitrogen functional groups attached to an aromatic ring is 1. The Morgan fingerprint density at radius 2 is 2.21 bits per heavy atom. The minimum absolute atomic E-state index is 0.0158. The highest BCUT2D eigenvalue weighted by atomic mass is 32.2. The second kappa shape index (κ2) is 6.51. The van der Waals surface area contributed by atoms with Crippen molar-refractivity contribution in [2.24, 2.45) is 0 Å². The summed E-state index contributed by atoms with van der Waals surface area (Å²) in [5, 5.41) is 2.67. The van der Waals surface area contributed by atoms with Gasteiger partial charge in [-0.1, -0.05) is 0 Å². The molecule has 0 saturated carbocycles. The van der Waals surface area contributed by atoms with Crippen molar-refractivity contribution in [1.29, 1.82) is 0 Å². The van der Waals surface area contributed by atoms with E-state index in [2.05, 4.69) is 10.1 Å². The summed E-state index contributed by atoms with van der Waals surface area (Å²) in [5.41, 5.74) is 5.79. The number of hydrogen-bond donors (Lipinski definition) is 2. The summed E-state index contributed by atoms with van der Waals surface area (Å²) >= 11 is 0. The molecule has 0 radical (unpaired) electrons. The zero-order valence-electron chi connectivity index (χ0n) is 11.0. The van der Waals surface area contributed by atoms with E-state index in [1.165, 1.54) is 13.2 Å². The lowest BCUT2D eigenvalue weighted by Gasteiger charge is -2.13. The Hall–Kier alpha value is -1.63. The van der Waals surface area contributed by atoms with E-state index in [0.29, 0.717) is 6.54 Å². The molecule has 0 amide bonds. The van der Waals surface area contributed by atoms with Gasteiger partial charge < -0.3 is 15.8 Å².